The molecule has 5 nitrogen and oxygen atoms in total. The van der Waals surface area contributed by atoms with Gasteiger partial charge in [-0.2, -0.15) is 0 Å². The second-order valence-electron chi connectivity index (χ2n) is 5.11. The molecule has 0 spiro atoms. The Hall–Kier alpha value is -1.30. The average molecular weight is 314 g/mol. The van der Waals surface area contributed by atoms with Crippen molar-refractivity contribution in [1.82, 2.24) is 15.1 Å². The first-order chi connectivity index (χ1) is 9.70. The smallest absolute Gasteiger partial charge is 0.236 e. The maximum atomic E-state index is 12.2. The Morgan fingerprint density at radius 3 is 2.67 bits per heavy atom. The fourth-order valence-electron chi connectivity index (χ4n) is 2.43. The third-order valence-electron chi connectivity index (χ3n) is 3.51. The number of hydrogen-bond donors (Lipinski definition) is 1. The molecule has 0 radical (unpaired) electrons. The van der Waals surface area contributed by atoms with Crippen LogP contribution in [0.15, 0.2) is 24.3 Å². The molecule has 1 fully saturated rings. The zero-order valence-electron chi connectivity index (χ0n) is 12.7. The SMILES string of the molecule is COc1ccccc1CN(C)CC(=O)N1CCNCC1.Cl. The number of carbonyl (C=O) groups is 1. The second-order valence-corrected chi connectivity index (χ2v) is 5.11. The molecule has 0 saturated carbocycles. The van der Waals surface area contributed by atoms with E-state index in [1.165, 1.54) is 0 Å². The Morgan fingerprint density at radius 2 is 2.00 bits per heavy atom. The second kappa shape index (κ2) is 8.87. The van der Waals surface area contributed by atoms with E-state index in [0.717, 1.165) is 37.5 Å². The number of likely N-dealkylation sites (N-methyl/N-ethyl adjacent to an activating group) is 1. The monoisotopic (exact) mass is 313 g/mol. The van der Waals surface area contributed by atoms with Gasteiger partial charge in [-0.15, -0.1) is 12.4 Å². The summed E-state index contributed by atoms with van der Waals surface area (Å²) in [5.74, 6) is 1.07. The average Bonchev–Trinajstić information content (AvgIpc) is 2.48. The van der Waals surface area contributed by atoms with Gasteiger partial charge in [-0.05, 0) is 13.1 Å². The number of carbonyl (C=O) groups excluding carboxylic acids is 1. The molecule has 0 unspecified atom stereocenters. The van der Waals surface area contributed by atoms with Crippen molar-refractivity contribution in [3.05, 3.63) is 29.8 Å². The number of halogens is 1. The molecule has 0 bridgehead atoms. The summed E-state index contributed by atoms with van der Waals surface area (Å²) in [5, 5.41) is 3.25. The van der Waals surface area contributed by atoms with E-state index in [2.05, 4.69) is 5.32 Å². The predicted octanol–water partition coefficient (Wildman–Crippen LogP) is 0.981. The summed E-state index contributed by atoms with van der Waals surface area (Å²) in [6, 6.07) is 7.92. The molecule has 1 aliphatic rings. The van der Waals surface area contributed by atoms with Gasteiger partial charge in [0.15, 0.2) is 0 Å². The van der Waals surface area contributed by atoms with Crippen LogP contribution in [0.2, 0.25) is 0 Å². The summed E-state index contributed by atoms with van der Waals surface area (Å²) in [5.41, 5.74) is 1.10. The number of benzene rings is 1. The zero-order valence-corrected chi connectivity index (χ0v) is 13.5. The lowest BCUT2D eigenvalue weighted by molar-refractivity contribution is -0.132. The highest BCUT2D eigenvalue weighted by Crippen LogP contribution is 2.18. The fourth-order valence-corrected chi connectivity index (χ4v) is 2.43. The molecule has 1 amide bonds. The van der Waals surface area contributed by atoms with Gasteiger partial charge in [-0.3, -0.25) is 9.69 Å². The molecule has 1 N–H and O–H groups in total. The van der Waals surface area contributed by atoms with E-state index in [9.17, 15) is 4.79 Å². The molecule has 1 aliphatic heterocycles. The summed E-state index contributed by atoms with van der Waals surface area (Å²) < 4.78 is 5.34. The minimum Gasteiger partial charge on any atom is -0.496 e. The van der Waals surface area contributed by atoms with Crippen LogP contribution in [0, 0.1) is 0 Å². The van der Waals surface area contributed by atoms with Crippen LogP contribution in [0.5, 0.6) is 5.75 Å². The van der Waals surface area contributed by atoms with Crippen molar-refractivity contribution in [1.29, 1.82) is 0 Å². The number of nitrogens with zero attached hydrogens (tertiary/aromatic N) is 2. The molecule has 2 rings (SSSR count). The van der Waals surface area contributed by atoms with Crippen LogP contribution in [0.4, 0.5) is 0 Å². The Labute approximate surface area is 132 Å². The highest BCUT2D eigenvalue weighted by atomic mass is 35.5. The van der Waals surface area contributed by atoms with Crippen LogP contribution in [-0.4, -0.2) is 62.6 Å². The quantitative estimate of drug-likeness (QED) is 0.880. The molecule has 1 aromatic rings. The van der Waals surface area contributed by atoms with Crippen molar-refractivity contribution in [2.45, 2.75) is 6.54 Å². The Kier molecular flexibility index (Phi) is 7.50. The Bertz CT molecular complexity index is 450. The molecule has 1 saturated heterocycles. The van der Waals surface area contributed by atoms with E-state index >= 15 is 0 Å². The fraction of sp³-hybridized carbons (Fsp3) is 0.533. The van der Waals surface area contributed by atoms with Crippen LogP contribution in [-0.2, 0) is 11.3 Å². The highest BCUT2D eigenvalue weighted by molar-refractivity contribution is 5.85. The highest BCUT2D eigenvalue weighted by Gasteiger charge is 2.18. The number of amides is 1. The van der Waals surface area contributed by atoms with Crippen molar-refractivity contribution >= 4 is 18.3 Å². The van der Waals surface area contributed by atoms with Gasteiger partial charge >= 0.3 is 0 Å². The lowest BCUT2D eigenvalue weighted by atomic mass is 10.2. The van der Waals surface area contributed by atoms with Gasteiger partial charge in [0.25, 0.3) is 0 Å². The van der Waals surface area contributed by atoms with E-state index in [1.54, 1.807) is 7.11 Å². The number of para-hydroxylation sites is 1. The molecule has 0 aromatic heterocycles. The van der Waals surface area contributed by atoms with Gasteiger partial charge in [0.1, 0.15) is 5.75 Å². The van der Waals surface area contributed by atoms with Gasteiger partial charge in [0.2, 0.25) is 5.91 Å². The Balaban J connectivity index is 0.00000220. The normalized spacial score (nSPS) is 14.7. The number of nitrogens with one attached hydrogen (secondary N) is 1. The van der Waals surface area contributed by atoms with Gasteiger partial charge in [-0.25, -0.2) is 0 Å². The van der Waals surface area contributed by atoms with Crippen molar-refractivity contribution in [3.63, 3.8) is 0 Å². The molecule has 0 atom stereocenters. The number of methoxy groups -OCH3 is 1. The first-order valence-corrected chi connectivity index (χ1v) is 6.99. The lowest BCUT2D eigenvalue weighted by Crippen LogP contribution is -2.49. The molecule has 0 aliphatic carbocycles. The molecule has 6 heteroatoms. The van der Waals surface area contributed by atoms with Crippen molar-refractivity contribution in [2.24, 2.45) is 0 Å². The molecule has 1 aromatic carbocycles. The first kappa shape index (κ1) is 17.8. The van der Waals surface area contributed by atoms with Crippen LogP contribution in [0.1, 0.15) is 5.56 Å². The minimum absolute atomic E-state index is 0. The van der Waals surface area contributed by atoms with E-state index in [-0.39, 0.29) is 18.3 Å². The number of rotatable bonds is 5. The van der Waals surface area contributed by atoms with Gasteiger partial charge in [0, 0.05) is 38.3 Å². The molecule has 118 valence electrons. The van der Waals surface area contributed by atoms with Crippen molar-refractivity contribution in [3.8, 4) is 5.75 Å². The summed E-state index contributed by atoms with van der Waals surface area (Å²) in [6.45, 7) is 4.55. The lowest BCUT2D eigenvalue weighted by Gasteiger charge is -2.29. The van der Waals surface area contributed by atoms with Crippen LogP contribution < -0.4 is 10.1 Å². The number of piperazine rings is 1. The topological polar surface area (TPSA) is 44.8 Å². The van der Waals surface area contributed by atoms with E-state index in [4.69, 9.17) is 4.74 Å². The third kappa shape index (κ3) is 5.19. The molecular formula is C15H24ClN3O2. The summed E-state index contributed by atoms with van der Waals surface area (Å²) >= 11 is 0. The Morgan fingerprint density at radius 1 is 1.33 bits per heavy atom. The zero-order chi connectivity index (χ0) is 14.4. The summed E-state index contributed by atoms with van der Waals surface area (Å²) in [4.78, 5) is 16.1. The van der Waals surface area contributed by atoms with Crippen LogP contribution >= 0.6 is 12.4 Å². The van der Waals surface area contributed by atoms with E-state index < -0.39 is 0 Å². The van der Waals surface area contributed by atoms with E-state index in [0.29, 0.717) is 13.1 Å². The van der Waals surface area contributed by atoms with Gasteiger partial charge in [0.05, 0.1) is 13.7 Å². The van der Waals surface area contributed by atoms with Gasteiger partial charge < -0.3 is 15.0 Å². The van der Waals surface area contributed by atoms with Crippen molar-refractivity contribution < 1.29 is 9.53 Å². The molecule has 21 heavy (non-hydrogen) atoms. The first-order valence-electron chi connectivity index (χ1n) is 6.99. The van der Waals surface area contributed by atoms with Crippen LogP contribution in [0.25, 0.3) is 0 Å². The molecular weight excluding hydrogens is 290 g/mol. The predicted molar refractivity (Wildman–Crippen MR) is 86.0 cm³/mol. The standard InChI is InChI=1S/C15H23N3O2.ClH/c1-17(11-13-5-3-4-6-14(13)20-2)12-15(19)18-9-7-16-8-10-18;/h3-6,16H,7-12H2,1-2H3;1H. The van der Waals surface area contributed by atoms with Gasteiger partial charge in [-0.1, -0.05) is 18.2 Å². The number of ether oxygens (including phenoxy) is 1. The van der Waals surface area contributed by atoms with Crippen LogP contribution in [0.3, 0.4) is 0 Å². The number of hydrogen-bond acceptors (Lipinski definition) is 4. The third-order valence-corrected chi connectivity index (χ3v) is 3.51. The van der Waals surface area contributed by atoms with Crippen molar-refractivity contribution in [2.75, 3.05) is 46.9 Å². The maximum absolute atomic E-state index is 12.2. The summed E-state index contributed by atoms with van der Waals surface area (Å²) in [6.07, 6.45) is 0. The van der Waals surface area contributed by atoms with E-state index in [1.807, 2.05) is 41.1 Å². The largest absolute Gasteiger partial charge is 0.496 e. The minimum atomic E-state index is 0. The maximum Gasteiger partial charge on any atom is 0.236 e. The molecule has 1 heterocycles. The summed E-state index contributed by atoms with van der Waals surface area (Å²) in [7, 11) is 3.64.